The van der Waals surface area contributed by atoms with E-state index in [0.29, 0.717) is 13.0 Å². The molecule has 0 unspecified atom stereocenters. The Bertz CT molecular complexity index is 761. The molecule has 0 atom stereocenters. The summed E-state index contributed by atoms with van der Waals surface area (Å²) in [5.74, 6) is 0.0606. The first-order valence-electron chi connectivity index (χ1n) is 7.39. The van der Waals surface area contributed by atoms with Gasteiger partial charge in [0.05, 0.1) is 11.4 Å². The summed E-state index contributed by atoms with van der Waals surface area (Å²) >= 11 is 1.74. The molecule has 0 aliphatic carbocycles. The average Bonchev–Trinajstić information content (AvgIpc) is 2.82. The number of thiophene rings is 1. The maximum atomic E-state index is 11.4. The zero-order chi connectivity index (χ0) is 15.7. The molecule has 1 amide bonds. The molecule has 1 aliphatic rings. The van der Waals surface area contributed by atoms with Crippen LogP contribution in [0.5, 0.6) is 0 Å². The second-order valence-corrected chi connectivity index (χ2v) is 6.66. The van der Waals surface area contributed by atoms with Gasteiger partial charge in [-0.1, -0.05) is 13.0 Å². The lowest BCUT2D eigenvalue weighted by atomic mass is 10.1. The smallest absolute Gasteiger partial charge is 0.219 e. The van der Waals surface area contributed by atoms with Crippen LogP contribution in [0.2, 0.25) is 0 Å². The Kier molecular flexibility index (Phi) is 3.98. The normalized spacial score (nSPS) is 12.6. The molecule has 0 saturated heterocycles. The van der Waals surface area contributed by atoms with E-state index in [2.05, 4.69) is 23.6 Å². The van der Waals surface area contributed by atoms with Crippen molar-refractivity contribution in [2.45, 2.75) is 33.7 Å². The highest BCUT2D eigenvalue weighted by molar-refractivity contribution is 7.16. The molecule has 1 aliphatic heterocycles. The maximum Gasteiger partial charge on any atom is 0.219 e. The van der Waals surface area contributed by atoms with Gasteiger partial charge < -0.3 is 10.6 Å². The van der Waals surface area contributed by atoms with Crippen LogP contribution in [0.1, 0.15) is 36.3 Å². The molecular weight excluding hydrogens is 294 g/mol. The number of amides is 1. The number of carbonyl (C=O) groups is 1. The summed E-state index contributed by atoms with van der Waals surface area (Å²) in [6.07, 6.45) is 0.503. The molecule has 1 aromatic heterocycles. The van der Waals surface area contributed by atoms with Gasteiger partial charge in [0.15, 0.2) is 0 Å². The first kappa shape index (κ1) is 14.8. The van der Waals surface area contributed by atoms with Gasteiger partial charge in [0.1, 0.15) is 5.00 Å². The van der Waals surface area contributed by atoms with Gasteiger partial charge in [-0.25, -0.2) is 0 Å². The highest BCUT2D eigenvalue weighted by atomic mass is 32.1. The van der Waals surface area contributed by atoms with E-state index in [1.807, 2.05) is 32.0 Å². The van der Waals surface area contributed by atoms with Crippen molar-refractivity contribution in [1.82, 2.24) is 5.32 Å². The minimum atomic E-state index is 0.0606. The van der Waals surface area contributed by atoms with Crippen LogP contribution in [0.4, 0.5) is 16.4 Å². The number of benzene rings is 1. The van der Waals surface area contributed by atoms with Crippen molar-refractivity contribution in [2.75, 3.05) is 5.32 Å². The van der Waals surface area contributed by atoms with Crippen molar-refractivity contribution in [1.29, 1.82) is 0 Å². The minimum Gasteiger partial charge on any atom is -0.352 e. The number of hydrogen-bond acceptors (Lipinski definition) is 4. The second-order valence-electron chi connectivity index (χ2n) is 5.40. The number of anilines is 2. The van der Waals surface area contributed by atoms with E-state index in [1.54, 1.807) is 11.3 Å². The molecule has 3 rings (SSSR count). The van der Waals surface area contributed by atoms with Gasteiger partial charge in [0.25, 0.3) is 0 Å². The summed E-state index contributed by atoms with van der Waals surface area (Å²) in [4.78, 5) is 17.4. The maximum absolute atomic E-state index is 11.4. The van der Waals surface area contributed by atoms with Crippen LogP contribution in [0.25, 0.3) is 0 Å². The number of nitrogens with one attached hydrogen (secondary N) is 2. The van der Waals surface area contributed by atoms with Gasteiger partial charge in [0, 0.05) is 29.1 Å². The van der Waals surface area contributed by atoms with Crippen molar-refractivity contribution >= 4 is 39.3 Å². The molecule has 114 valence electrons. The van der Waals surface area contributed by atoms with E-state index in [4.69, 9.17) is 4.99 Å². The second kappa shape index (κ2) is 5.93. The molecule has 22 heavy (non-hydrogen) atoms. The Balaban J connectivity index is 1.90. The van der Waals surface area contributed by atoms with Gasteiger partial charge in [-0.05, 0) is 37.6 Å². The number of aliphatic imine (C=N–C) groups is 1. The summed E-state index contributed by atoms with van der Waals surface area (Å²) in [7, 11) is 0. The van der Waals surface area contributed by atoms with Crippen LogP contribution in [-0.2, 0) is 11.3 Å². The van der Waals surface area contributed by atoms with Crippen LogP contribution >= 0.6 is 11.3 Å². The fraction of sp³-hybridized carbons (Fsp3) is 0.294. The molecule has 5 heteroatoms. The Labute approximate surface area is 134 Å². The van der Waals surface area contributed by atoms with Crippen LogP contribution < -0.4 is 10.6 Å². The van der Waals surface area contributed by atoms with Crippen molar-refractivity contribution in [3.63, 3.8) is 0 Å². The zero-order valence-electron chi connectivity index (χ0n) is 13.0. The van der Waals surface area contributed by atoms with Gasteiger partial charge in [0.2, 0.25) is 5.91 Å². The molecule has 2 heterocycles. The highest BCUT2D eigenvalue weighted by Gasteiger charge is 2.16. The first-order valence-corrected chi connectivity index (χ1v) is 8.21. The number of nitrogens with zero attached hydrogens (tertiary/aromatic N) is 1. The van der Waals surface area contributed by atoms with E-state index in [-0.39, 0.29) is 5.91 Å². The van der Waals surface area contributed by atoms with E-state index >= 15 is 0 Å². The van der Waals surface area contributed by atoms with Crippen LogP contribution in [-0.4, -0.2) is 11.6 Å². The Morgan fingerprint density at radius 2 is 2.14 bits per heavy atom. The van der Waals surface area contributed by atoms with Gasteiger partial charge in [-0.2, -0.15) is 0 Å². The fourth-order valence-electron chi connectivity index (χ4n) is 2.45. The largest absolute Gasteiger partial charge is 0.352 e. The van der Waals surface area contributed by atoms with Crippen LogP contribution in [0.15, 0.2) is 29.3 Å². The van der Waals surface area contributed by atoms with E-state index < -0.39 is 0 Å². The molecule has 4 nitrogen and oxygen atoms in total. The van der Waals surface area contributed by atoms with Crippen molar-refractivity contribution in [3.05, 3.63) is 40.3 Å². The van der Waals surface area contributed by atoms with Gasteiger partial charge >= 0.3 is 0 Å². The molecule has 0 bridgehead atoms. The lowest BCUT2D eigenvalue weighted by molar-refractivity contribution is -0.120. The standard InChI is InChI=1S/C17H19N3OS/c1-4-16(21)18-9-12-5-6-14-15(8-12)19-11(3)13-7-10(2)22-17(13)20-14/h5-8,20H,4,9H2,1-3H3,(H,18,21). The lowest BCUT2D eigenvalue weighted by Crippen LogP contribution is -2.21. The summed E-state index contributed by atoms with van der Waals surface area (Å²) < 4.78 is 0. The molecular formula is C17H19N3OS. The van der Waals surface area contributed by atoms with E-state index in [0.717, 1.165) is 27.7 Å². The van der Waals surface area contributed by atoms with Crippen molar-refractivity contribution in [3.8, 4) is 0 Å². The number of fused-ring (bicyclic) bond motifs is 2. The summed E-state index contributed by atoms with van der Waals surface area (Å²) in [6.45, 7) is 6.53. The Morgan fingerprint density at radius 1 is 1.32 bits per heavy atom. The third-order valence-corrected chi connectivity index (χ3v) is 4.62. The van der Waals surface area contributed by atoms with Crippen molar-refractivity contribution < 1.29 is 4.79 Å². The minimum absolute atomic E-state index is 0.0606. The Morgan fingerprint density at radius 3 is 2.91 bits per heavy atom. The third kappa shape index (κ3) is 2.90. The molecule has 0 spiro atoms. The SMILES string of the molecule is CCC(=O)NCc1ccc2c(c1)N=C(C)c1cc(C)sc1N2. The van der Waals surface area contributed by atoms with Gasteiger partial charge in [-0.3, -0.25) is 9.79 Å². The fourth-order valence-corrected chi connectivity index (χ4v) is 3.43. The van der Waals surface area contributed by atoms with Crippen LogP contribution in [0, 0.1) is 6.92 Å². The molecule has 2 aromatic rings. The predicted molar refractivity (Wildman–Crippen MR) is 92.8 cm³/mol. The number of rotatable bonds is 3. The van der Waals surface area contributed by atoms with Crippen molar-refractivity contribution in [2.24, 2.45) is 4.99 Å². The predicted octanol–water partition coefficient (Wildman–Crippen LogP) is 4.28. The van der Waals surface area contributed by atoms with E-state index in [1.165, 1.54) is 10.4 Å². The molecule has 1 aromatic carbocycles. The number of aryl methyl sites for hydroxylation is 1. The third-order valence-electron chi connectivity index (χ3n) is 3.65. The zero-order valence-corrected chi connectivity index (χ0v) is 13.8. The number of carbonyl (C=O) groups excluding carboxylic acids is 1. The molecule has 0 radical (unpaired) electrons. The molecule has 2 N–H and O–H groups in total. The molecule has 0 saturated carbocycles. The quantitative estimate of drug-likeness (QED) is 0.888. The average molecular weight is 313 g/mol. The topological polar surface area (TPSA) is 53.5 Å². The Hall–Kier alpha value is -2.14. The summed E-state index contributed by atoms with van der Waals surface area (Å²) in [5.41, 5.74) is 5.16. The first-order chi connectivity index (χ1) is 10.6. The summed E-state index contributed by atoms with van der Waals surface area (Å²) in [6, 6.07) is 8.26. The monoisotopic (exact) mass is 313 g/mol. The van der Waals surface area contributed by atoms with E-state index in [9.17, 15) is 4.79 Å². The van der Waals surface area contributed by atoms with Gasteiger partial charge in [-0.15, -0.1) is 11.3 Å². The highest BCUT2D eigenvalue weighted by Crippen LogP contribution is 2.38. The lowest BCUT2D eigenvalue weighted by Gasteiger charge is -2.09. The molecule has 0 fully saturated rings. The van der Waals surface area contributed by atoms with Crippen LogP contribution in [0.3, 0.4) is 0 Å². The summed E-state index contributed by atoms with van der Waals surface area (Å²) in [5, 5.41) is 7.51. The number of hydrogen-bond donors (Lipinski definition) is 2.